The van der Waals surface area contributed by atoms with Crippen LogP contribution >= 0.6 is 0 Å². The molecule has 0 aromatic heterocycles. The normalized spacial score (nSPS) is 12.6. The Labute approximate surface area is 184 Å². The highest BCUT2D eigenvalue weighted by atomic mass is 16.7. The third kappa shape index (κ3) is 5.13. The van der Waals surface area contributed by atoms with Gasteiger partial charge in [0.15, 0.2) is 23.9 Å². The van der Waals surface area contributed by atoms with E-state index in [1.54, 1.807) is 48.5 Å². The Morgan fingerprint density at radius 1 is 0.844 bits per heavy atom. The minimum atomic E-state index is -0.949. The molecule has 0 radical (unpaired) electrons. The van der Waals surface area contributed by atoms with Gasteiger partial charge in [-0.25, -0.2) is 4.79 Å². The van der Waals surface area contributed by atoms with Crippen LogP contribution in [0.3, 0.4) is 0 Å². The van der Waals surface area contributed by atoms with Gasteiger partial charge in [-0.15, -0.1) is 0 Å². The second-order valence-corrected chi connectivity index (χ2v) is 7.18. The lowest BCUT2D eigenvalue weighted by molar-refractivity contribution is -0.144. The van der Waals surface area contributed by atoms with Crippen molar-refractivity contribution in [3.63, 3.8) is 0 Å². The van der Waals surface area contributed by atoms with Crippen LogP contribution < -0.4 is 14.8 Å². The SMILES string of the molecule is O=C(COC(=O)[C@H](Cc1ccccc1)NC(=O)c1ccccc1)c1ccc2c(c1)OCO2. The molecule has 1 heterocycles. The first-order chi connectivity index (χ1) is 15.6. The van der Waals surface area contributed by atoms with Crippen molar-refractivity contribution in [2.45, 2.75) is 12.5 Å². The lowest BCUT2D eigenvalue weighted by Gasteiger charge is -2.18. The Bertz CT molecular complexity index is 1110. The molecule has 0 bridgehead atoms. The summed E-state index contributed by atoms with van der Waals surface area (Å²) in [6, 6.07) is 21.7. The Morgan fingerprint density at radius 3 is 2.28 bits per heavy atom. The van der Waals surface area contributed by atoms with Crippen LogP contribution in [0.4, 0.5) is 0 Å². The van der Waals surface area contributed by atoms with Crippen LogP contribution in [0.2, 0.25) is 0 Å². The lowest BCUT2D eigenvalue weighted by atomic mass is 10.1. The molecule has 1 atom stereocenters. The fourth-order valence-electron chi connectivity index (χ4n) is 3.26. The standard InChI is InChI=1S/C25H21NO6/c27-21(19-11-12-22-23(14-19)32-16-31-22)15-30-25(29)20(13-17-7-3-1-4-8-17)26-24(28)18-9-5-2-6-10-18/h1-12,14,20H,13,15-16H2,(H,26,28)/t20-/m0/s1. The van der Waals surface area contributed by atoms with E-state index >= 15 is 0 Å². The molecule has 3 aromatic rings. The van der Waals surface area contributed by atoms with E-state index in [0.29, 0.717) is 22.6 Å². The molecule has 0 unspecified atom stereocenters. The zero-order chi connectivity index (χ0) is 22.3. The van der Waals surface area contributed by atoms with E-state index in [-0.39, 0.29) is 19.0 Å². The molecule has 7 heteroatoms. The number of nitrogens with one attached hydrogen (secondary N) is 1. The molecule has 3 aromatic carbocycles. The minimum absolute atomic E-state index is 0.101. The molecule has 0 spiro atoms. The van der Waals surface area contributed by atoms with E-state index in [9.17, 15) is 14.4 Å². The van der Waals surface area contributed by atoms with Gasteiger partial charge in [-0.1, -0.05) is 48.5 Å². The number of esters is 1. The summed E-state index contributed by atoms with van der Waals surface area (Å²) in [5.41, 5.74) is 1.62. The maximum atomic E-state index is 12.8. The Hall–Kier alpha value is -4.13. The summed E-state index contributed by atoms with van der Waals surface area (Å²) >= 11 is 0. The zero-order valence-corrected chi connectivity index (χ0v) is 17.2. The van der Waals surface area contributed by atoms with Crippen molar-refractivity contribution in [3.8, 4) is 11.5 Å². The number of ether oxygens (including phenoxy) is 3. The van der Waals surface area contributed by atoms with Gasteiger partial charge in [0.05, 0.1) is 0 Å². The van der Waals surface area contributed by atoms with Crippen LogP contribution in [-0.4, -0.2) is 37.1 Å². The number of benzene rings is 3. The predicted octanol–water partition coefficient (Wildman–Crippen LogP) is 3.18. The van der Waals surface area contributed by atoms with Crippen molar-refractivity contribution in [1.29, 1.82) is 0 Å². The topological polar surface area (TPSA) is 90.9 Å². The molecule has 0 fully saturated rings. The van der Waals surface area contributed by atoms with Gasteiger partial charge in [0.25, 0.3) is 5.91 Å². The van der Waals surface area contributed by atoms with Gasteiger partial charge in [-0.2, -0.15) is 0 Å². The Balaban J connectivity index is 1.43. The van der Waals surface area contributed by atoms with Gasteiger partial charge in [0, 0.05) is 17.5 Å². The average molecular weight is 431 g/mol. The molecule has 0 saturated heterocycles. The van der Waals surface area contributed by atoms with Gasteiger partial charge in [-0.3, -0.25) is 9.59 Å². The van der Waals surface area contributed by atoms with Gasteiger partial charge < -0.3 is 19.5 Å². The number of fused-ring (bicyclic) bond motifs is 1. The van der Waals surface area contributed by atoms with E-state index in [1.165, 1.54) is 0 Å². The molecule has 32 heavy (non-hydrogen) atoms. The first-order valence-electron chi connectivity index (χ1n) is 10.1. The fourth-order valence-corrected chi connectivity index (χ4v) is 3.26. The highest BCUT2D eigenvalue weighted by Gasteiger charge is 2.25. The molecular formula is C25H21NO6. The minimum Gasteiger partial charge on any atom is -0.456 e. The van der Waals surface area contributed by atoms with Gasteiger partial charge >= 0.3 is 5.97 Å². The number of hydrogen-bond acceptors (Lipinski definition) is 6. The van der Waals surface area contributed by atoms with Crippen LogP contribution in [0.1, 0.15) is 26.3 Å². The van der Waals surface area contributed by atoms with Crippen molar-refractivity contribution in [2.24, 2.45) is 0 Å². The Morgan fingerprint density at radius 2 is 1.53 bits per heavy atom. The highest BCUT2D eigenvalue weighted by molar-refractivity contribution is 5.99. The third-order valence-electron chi connectivity index (χ3n) is 4.95. The fraction of sp³-hybridized carbons (Fsp3) is 0.160. The number of carbonyl (C=O) groups is 3. The number of hydrogen-bond donors (Lipinski definition) is 1. The number of ketones is 1. The van der Waals surface area contributed by atoms with Crippen LogP contribution in [0, 0.1) is 0 Å². The van der Waals surface area contributed by atoms with Crippen molar-refractivity contribution in [2.75, 3.05) is 13.4 Å². The van der Waals surface area contributed by atoms with Gasteiger partial charge in [0.1, 0.15) is 6.04 Å². The smallest absolute Gasteiger partial charge is 0.329 e. The van der Waals surface area contributed by atoms with Crippen LogP contribution in [-0.2, 0) is 16.0 Å². The maximum absolute atomic E-state index is 12.8. The average Bonchev–Trinajstić information content (AvgIpc) is 3.31. The largest absolute Gasteiger partial charge is 0.456 e. The quantitative estimate of drug-likeness (QED) is 0.435. The van der Waals surface area contributed by atoms with Crippen LogP contribution in [0.25, 0.3) is 0 Å². The summed E-state index contributed by atoms with van der Waals surface area (Å²) in [7, 11) is 0. The van der Waals surface area contributed by atoms with Crippen molar-refractivity contribution < 1.29 is 28.6 Å². The molecule has 162 valence electrons. The van der Waals surface area contributed by atoms with E-state index in [1.807, 2.05) is 30.3 Å². The van der Waals surface area contributed by atoms with Crippen LogP contribution in [0.5, 0.6) is 11.5 Å². The number of amides is 1. The third-order valence-corrected chi connectivity index (χ3v) is 4.95. The molecule has 1 aliphatic heterocycles. The highest BCUT2D eigenvalue weighted by Crippen LogP contribution is 2.32. The van der Waals surface area contributed by atoms with E-state index < -0.39 is 24.5 Å². The summed E-state index contributed by atoms with van der Waals surface area (Å²) in [4.78, 5) is 37.9. The predicted molar refractivity (Wildman–Crippen MR) is 116 cm³/mol. The summed E-state index contributed by atoms with van der Waals surface area (Å²) < 4.78 is 15.8. The summed E-state index contributed by atoms with van der Waals surface area (Å²) in [5.74, 6) is -0.438. The van der Waals surface area contributed by atoms with E-state index in [2.05, 4.69) is 5.32 Å². The Kier molecular flexibility index (Phi) is 6.46. The summed E-state index contributed by atoms with van der Waals surface area (Å²) in [6.07, 6.45) is 0.233. The second-order valence-electron chi connectivity index (χ2n) is 7.18. The first-order valence-corrected chi connectivity index (χ1v) is 10.1. The van der Waals surface area contributed by atoms with Crippen LogP contribution in [0.15, 0.2) is 78.9 Å². The summed E-state index contributed by atoms with van der Waals surface area (Å²) in [5, 5.41) is 2.72. The van der Waals surface area contributed by atoms with Gasteiger partial charge in [-0.05, 0) is 35.9 Å². The lowest BCUT2D eigenvalue weighted by Crippen LogP contribution is -2.43. The molecule has 0 saturated carbocycles. The number of carbonyl (C=O) groups excluding carboxylic acids is 3. The molecule has 1 N–H and O–H groups in total. The number of Topliss-reactive ketones (excluding diaryl/α,β-unsaturated/α-hetero) is 1. The summed E-state index contributed by atoms with van der Waals surface area (Å²) in [6.45, 7) is -0.352. The number of rotatable bonds is 8. The van der Waals surface area contributed by atoms with Crippen molar-refractivity contribution >= 4 is 17.7 Å². The molecule has 4 rings (SSSR count). The van der Waals surface area contributed by atoms with Crippen molar-refractivity contribution in [1.82, 2.24) is 5.32 Å². The molecular weight excluding hydrogens is 410 g/mol. The maximum Gasteiger partial charge on any atom is 0.329 e. The monoisotopic (exact) mass is 431 g/mol. The molecule has 1 amide bonds. The first kappa shape index (κ1) is 21.1. The van der Waals surface area contributed by atoms with Gasteiger partial charge in [0.2, 0.25) is 6.79 Å². The molecule has 1 aliphatic rings. The van der Waals surface area contributed by atoms with E-state index in [0.717, 1.165) is 5.56 Å². The van der Waals surface area contributed by atoms with E-state index in [4.69, 9.17) is 14.2 Å². The molecule has 7 nitrogen and oxygen atoms in total. The molecule has 0 aliphatic carbocycles. The zero-order valence-electron chi connectivity index (χ0n) is 17.2. The van der Waals surface area contributed by atoms with Crippen molar-refractivity contribution in [3.05, 3.63) is 95.6 Å². The second kappa shape index (κ2) is 9.78.